The van der Waals surface area contributed by atoms with Crippen LogP contribution >= 0.6 is 11.6 Å². The Balaban J connectivity index is 2.18. The highest BCUT2D eigenvalue weighted by molar-refractivity contribution is 6.33. The molecule has 1 heterocycles. The first-order chi connectivity index (χ1) is 9.02. The summed E-state index contributed by atoms with van der Waals surface area (Å²) in [5.41, 5.74) is 1.95. The lowest BCUT2D eigenvalue weighted by atomic mass is 10.1. The number of hydrogen-bond acceptors (Lipinski definition) is 3. The van der Waals surface area contributed by atoms with Gasteiger partial charge in [0.25, 0.3) is 0 Å². The van der Waals surface area contributed by atoms with E-state index in [1.54, 1.807) is 6.92 Å². The van der Waals surface area contributed by atoms with Crippen molar-refractivity contribution in [1.29, 1.82) is 0 Å². The van der Waals surface area contributed by atoms with E-state index in [0.29, 0.717) is 6.04 Å². The summed E-state index contributed by atoms with van der Waals surface area (Å²) in [5.74, 6) is 0. The van der Waals surface area contributed by atoms with Gasteiger partial charge in [-0.2, -0.15) is 0 Å². The number of rotatable bonds is 3. The zero-order valence-corrected chi connectivity index (χ0v) is 12.7. The molecule has 1 aliphatic rings. The van der Waals surface area contributed by atoms with E-state index in [1.165, 1.54) is 0 Å². The molecule has 0 bridgehead atoms. The van der Waals surface area contributed by atoms with Crippen molar-refractivity contribution < 1.29 is 5.11 Å². The van der Waals surface area contributed by atoms with E-state index < -0.39 is 6.10 Å². The molecule has 1 aromatic carbocycles. The molecule has 0 radical (unpaired) electrons. The summed E-state index contributed by atoms with van der Waals surface area (Å²) in [6, 6.07) is 6.45. The third-order valence-electron chi connectivity index (χ3n) is 4.04. The summed E-state index contributed by atoms with van der Waals surface area (Å²) in [6.45, 7) is 7.06. The van der Waals surface area contributed by atoms with Gasteiger partial charge in [-0.25, -0.2) is 0 Å². The summed E-state index contributed by atoms with van der Waals surface area (Å²) in [7, 11) is 2.18. The number of aliphatic hydroxyl groups is 1. The lowest BCUT2D eigenvalue weighted by Crippen LogP contribution is -2.51. The van der Waals surface area contributed by atoms with E-state index in [0.717, 1.165) is 42.3 Å². The minimum absolute atomic E-state index is 0.470. The van der Waals surface area contributed by atoms with E-state index in [1.807, 2.05) is 18.2 Å². The van der Waals surface area contributed by atoms with Gasteiger partial charge in [0.2, 0.25) is 0 Å². The van der Waals surface area contributed by atoms with E-state index in [2.05, 4.69) is 23.8 Å². The first-order valence-corrected chi connectivity index (χ1v) is 7.33. The van der Waals surface area contributed by atoms with Gasteiger partial charge in [-0.1, -0.05) is 24.6 Å². The smallest absolute Gasteiger partial charge is 0.0762 e. The van der Waals surface area contributed by atoms with Crippen LogP contribution < -0.4 is 4.90 Å². The minimum Gasteiger partial charge on any atom is -0.389 e. The van der Waals surface area contributed by atoms with Crippen LogP contribution in [0.2, 0.25) is 5.02 Å². The van der Waals surface area contributed by atoms with E-state index in [9.17, 15) is 5.11 Å². The summed E-state index contributed by atoms with van der Waals surface area (Å²) in [4.78, 5) is 4.76. The highest BCUT2D eigenvalue weighted by Crippen LogP contribution is 2.30. The second-order valence-corrected chi connectivity index (χ2v) is 5.78. The molecule has 1 saturated heterocycles. The largest absolute Gasteiger partial charge is 0.389 e. The lowest BCUT2D eigenvalue weighted by molar-refractivity contribution is 0.199. The SMILES string of the molecule is CCC1CN(c2ccc([C@H](C)O)cc2Cl)CCN1C. The Bertz CT molecular complexity index is 436. The molecule has 3 nitrogen and oxygen atoms in total. The number of hydrogen-bond donors (Lipinski definition) is 1. The molecule has 1 fully saturated rings. The molecule has 106 valence electrons. The van der Waals surface area contributed by atoms with Gasteiger partial charge in [-0.15, -0.1) is 0 Å². The average Bonchev–Trinajstić information content (AvgIpc) is 2.39. The van der Waals surface area contributed by atoms with Crippen LogP contribution in [-0.4, -0.2) is 42.7 Å². The van der Waals surface area contributed by atoms with Gasteiger partial charge in [0.1, 0.15) is 0 Å². The predicted molar refractivity (Wildman–Crippen MR) is 81.0 cm³/mol. The van der Waals surface area contributed by atoms with Crippen LogP contribution in [-0.2, 0) is 0 Å². The minimum atomic E-state index is -0.470. The number of aliphatic hydroxyl groups excluding tert-OH is 1. The van der Waals surface area contributed by atoms with Crippen LogP contribution in [0.15, 0.2) is 18.2 Å². The molecule has 0 spiro atoms. The maximum atomic E-state index is 9.59. The molecule has 2 atom stereocenters. The normalized spacial score (nSPS) is 22.6. The summed E-state index contributed by atoms with van der Waals surface area (Å²) in [6.07, 6.45) is 0.679. The molecular weight excluding hydrogens is 260 g/mol. The van der Waals surface area contributed by atoms with E-state index in [4.69, 9.17) is 11.6 Å². The van der Waals surface area contributed by atoms with Crippen molar-refractivity contribution in [2.24, 2.45) is 0 Å². The van der Waals surface area contributed by atoms with Crippen LogP contribution in [0.4, 0.5) is 5.69 Å². The summed E-state index contributed by atoms with van der Waals surface area (Å²) in [5, 5.41) is 10.3. The Hall–Kier alpha value is -0.770. The molecule has 0 aromatic heterocycles. The first-order valence-electron chi connectivity index (χ1n) is 6.95. The van der Waals surface area contributed by atoms with Crippen molar-refractivity contribution in [2.75, 3.05) is 31.6 Å². The molecule has 0 aliphatic carbocycles. The average molecular weight is 283 g/mol. The highest BCUT2D eigenvalue weighted by atomic mass is 35.5. The quantitative estimate of drug-likeness (QED) is 0.923. The van der Waals surface area contributed by atoms with Crippen molar-refractivity contribution in [3.05, 3.63) is 28.8 Å². The maximum absolute atomic E-state index is 9.59. The monoisotopic (exact) mass is 282 g/mol. The van der Waals surface area contributed by atoms with Gasteiger partial charge >= 0.3 is 0 Å². The Kier molecular flexibility index (Phi) is 4.71. The Morgan fingerprint density at radius 1 is 1.42 bits per heavy atom. The number of anilines is 1. The van der Waals surface area contributed by atoms with Crippen molar-refractivity contribution in [3.8, 4) is 0 Å². The molecule has 2 rings (SSSR count). The van der Waals surface area contributed by atoms with Crippen LogP contribution in [0.25, 0.3) is 0 Å². The van der Waals surface area contributed by atoms with Gasteiger partial charge in [0, 0.05) is 25.7 Å². The Morgan fingerprint density at radius 3 is 2.74 bits per heavy atom. The first kappa shape index (κ1) is 14.6. The van der Waals surface area contributed by atoms with Crippen LogP contribution in [0.3, 0.4) is 0 Å². The fraction of sp³-hybridized carbons (Fsp3) is 0.600. The zero-order valence-electron chi connectivity index (χ0n) is 11.9. The molecule has 4 heteroatoms. The molecule has 0 amide bonds. The summed E-state index contributed by atoms with van der Waals surface area (Å²) >= 11 is 6.37. The Morgan fingerprint density at radius 2 is 2.16 bits per heavy atom. The molecular formula is C15H23ClN2O. The van der Waals surface area contributed by atoms with Gasteiger partial charge in [-0.05, 0) is 38.1 Å². The van der Waals surface area contributed by atoms with Gasteiger partial charge in [-0.3, -0.25) is 4.90 Å². The lowest BCUT2D eigenvalue weighted by Gasteiger charge is -2.40. The van der Waals surface area contributed by atoms with Crippen LogP contribution in [0.1, 0.15) is 31.9 Å². The standard InChI is InChI=1S/C15H23ClN2O/c1-4-13-10-18(8-7-17(13)3)15-6-5-12(11(2)19)9-14(15)16/h5-6,9,11,13,19H,4,7-8,10H2,1-3H3/t11-,13?/m0/s1. The number of halogens is 1. The van der Waals surface area contributed by atoms with Crippen LogP contribution in [0, 0.1) is 0 Å². The number of nitrogens with zero attached hydrogens (tertiary/aromatic N) is 2. The fourth-order valence-electron chi connectivity index (χ4n) is 2.65. The number of likely N-dealkylation sites (N-methyl/N-ethyl adjacent to an activating group) is 1. The van der Waals surface area contributed by atoms with E-state index in [-0.39, 0.29) is 0 Å². The number of benzene rings is 1. The van der Waals surface area contributed by atoms with Gasteiger partial charge in [0.15, 0.2) is 0 Å². The van der Waals surface area contributed by atoms with Gasteiger partial charge in [0.05, 0.1) is 16.8 Å². The molecule has 1 aromatic rings. The molecule has 0 saturated carbocycles. The predicted octanol–water partition coefficient (Wildman–Crippen LogP) is 2.92. The van der Waals surface area contributed by atoms with E-state index >= 15 is 0 Å². The van der Waals surface area contributed by atoms with Crippen molar-refractivity contribution >= 4 is 17.3 Å². The number of piperazine rings is 1. The zero-order chi connectivity index (χ0) is 14.0. The maximum Gasteiger partial charge on any atom is 0.0762 e. The van der Waals surface area contributed by atoms with Crippen molar-refractivity contribution in [3.63, 3.8) is 0 Å². The Labute approximate surface area is 120 Å². The van der Waals surface area contributed by atoms with Crippen LogP contribution in [0.5, 0.6) is 0 Å². The topological polar surface area (TPSA) is 26.7 Å². The summed E-state index contributed by atoms with van der Waals surface area (Å²) < 4.78 is 0. The van der Waals surface area contributed by atoms with Gasteiger partial charge < -0.3 is 10.0 Å². The molecule has 1 aliphatic heterocycles. The molecule has 1 unspecified atom stereocenters. The van der Waals surface area contributed by atoms with Crippen molar-refractivity contribution in [1.82, 2.24) is 4.90 Å². The van der Waals surface area contributed by atoms with Crippen molar-refractivity contribution in [2.45, 2.75) is 32.4 Å². The third-order valence-corrected chi connectivity index (χ3v) is 4.35. The third kappa shape index (κ3) is 3.22. The fourth-order valence-corrected chi connectivity index (χ4v) is 2.95. The second-order valence-electron chi connectivity index (χ2n) is 5.38. The molecule has 19 heavy (non-hydrogen) atoms. The second kappa shape index (κ2) is 6.12. The highest BCUT2D eigenvalue weighted by Gasteiger charge is 2.24. The molecule has 1 N–H and O–H groups in total.